The number of hydrogen-bond donors (Lipinski definition) is 0. The van der Waals surface area contributed by atoms with Crippen molar-refractivity contribution in [1.82, 2.24) is 0 Å². The Morgan fingerprint density at radius 3 is 2.46 bits per heavy atom. The molecule has 126 valence electrons. The molecule has 2 nitrogen and oxygen atoms in total. The molecule has 0 aliphatic carbocycles. The molecule has 24 heavy (non-hydrogen) atoms. The van der Waals surface area contributed by atoms with Crippen LogP contribution in [-0.2, 0) is 0 Å². The van der Waals surface area contributed by atoms with Crippen molar-refractivity contribution >= 4 is 17.6 Å². The lowest BCUT2D eigenvalue weighted by molar-refractivity contribution is 0.623. The largest absolute Gasteiger partial charge is 0.369 e. The van der Waals surface area contributed by atoms with Gasteiger partial charge in [-0.1, -0.05) is 32.0 Å². The maximum Gasteiger partial charge on any atom is 0.147 e. The molecule has 0 radical (unpaired) electrons. The fourth-order valence-electron chi connectivity index (χ4n) is 3.09. The van der Waals surface area contributed by atoms with Crippen molar-refractivity contribution in [2.24, 2.45) is 4.99 Å². The minimum atomic E-state index is -0.159. The number of anilines is 1. The minimum Gasteiger partial charge on any atom is -0.369 e. The predicted molar refractivity (Wildman–Crippen MR) is 100 cm³/mol. The Hall–Kier alpha value is -2.16. The number of nitrogens with zero attached hydrogens (tertiary/aromatic N) is 2. The van der Waals surface area contributed by atoms with Gasteiger partial charge in [-0.3, -0.25) is 4.99 Å². The molecule has 0 bridgehead atoms. The van der Waals surface area contributed by atoms with Gasteiger partial charge in [0.15, 0.2) is 0 Å². The second-order valence-corrected chi connectivity index (χ2v) is 6.56. The zero-order valence-corrected chi connectivity index (χ0v) is 14.5. The number of halogens is 1. The summed E-state index contributed by atoms with van der Waals surface area (Å²) < 4.78 is 14.3. The first kappa shape index (κ1) is 16.7. The molecule has 3 rings (SSSR count). The first-order chi connectivity index (χ1) is 11.7. The Bertz CT molecular complexity index is 700. The summed E-state index contributed by atoms with van der Waals surface area (Å²) in [4.78, 5) is 6.58. The topological polar surface area (TPSA) is 15.6 Å². The molecule has 2 aromatic rings. The highest BCUT2D eigenvalue weighted by molar-refractivity contribution is 5.82. The molecule has 0 N–H and O–H groups in total. The van der Waals surface area contributed by atoms with E-state index in [4.69, 9.17) is 0 Å². The van der Waals surface area contributed by atoms with Gasteiger partial charge in [0, 0.05) is 19.3 Å². The summed E-state index contributed by atoms with van der Waals surface area (Å²) in [6.45, 7) is 6.32. The van der Waals surface area contributed by atoms with E-state index >= 15 is 0 Å². The number of aliphatic imine (C=N–C) groups is 1. The van der Waals surface area contributed by atoms with E-state index < -0.39 is 0 Å². The van der Waals surface area contributed by atoms with Crippen molar-refractivity contribution in [1.29, 1.82) is 0 Å². The second kappa shape index (κ2) is 7.61. The third-order valence-corrected chi connectivity index (χ3v) is 4.86. The van der Waals surface area contributed by atoms with Gasteiger partial charge in [0.05, 0.1) is 11.4 Å². The quantitative estimate of drug-likeness (QED) is 0.645. The van der Waals surface area contributed by atoms with Crippen molar-refractivity contribution in [2.45, 2.75) is 39.0 Å². The Morgan fingerprint density at radius 2 is 1.83 bits per heavy atom. The first-order valence-corrected chi connectivity index (χ1v) is 8.86. The molecule has 2 aromatic carbocycles. The highest BCUT2D eigenvalue weighted by Gasteiger charge is 2.15. The molecular weight excluding hydrogens is 299 g/mol. The summed E-state index contributed by atoms with van der Waals surface area (Å²) in [6.07, 6.45) is 5.16. The van der Waals surface area contributed by atoms with Gasteiger partial charge >= 0.3 is 0 Å². The third kappa shape index (κ3) is 3.84. The molecule has 1 aliphatic heterocycles. The van der Waals surface area contributed by atoms with Gasteiger partial charge in [0.1, 0.15) is 5.82 Å². The van der Waals surface area contributed by atoms with Crippen LogP contribution >= 0.6 is 0 Å². The van der Waals surface area contributed by atoms with Gasteiger partial charge in [0.25, 0.3) is 0 Å². The van der Waals surface area contributed by atoms with Crippen molar-refractivity contribution < 1.29 is 4.39 Å². The predicted octanol–water partition coefficient (Wildman–Crippen LogP) is 5.69. The van der Waals surface area contributed by atoms with Crippen LogP contribution in [0.25, 0.3) is 0 Å². The monoisotopic (exact) mass is 324 g/mol. The molecule has 0 spiro atoms. The Morgan fingerprint density at radius 1 is 1.12 bits per heavy atom. The average molecular weight is 324 g/mol. The number of benzene rings is 2. The summed E-state index contributed by atoms with van der Waals surface area (Å²) in [6, 6.07) is 13.7. The average Bonchev–Trinajstić information content (AvgIpc) is 3.14. The molecule has 0 amide bonds. The van der Waals surface area contributed by atoms with Crippen LogP contribution < -0.4 is 4.90 Å². The molecular formula is C21H25FN2. The van der Waals surface area contributed by atoms with Crippen LogP contribution in [0, 0.1) is 5.82 Å². The van der Waals surface area contributed by atoms with Crippen LogP contribution in [0.4, 0.5) is 15.8 Å². The zero-order valence-electron chi connectivity index (χ0n) is 14.5. The lowest BCUT2D eigenvalue weighted by Crippen LogP contribution is -2.18. The van der Waals surface area contributed by atoms with E-state index in [0.29, 0.717) is 11.6 Å². The highest BCUT2D eigenvalue weighted by Crippen LogP contribution is 2.25. The van der Waals surface area contributed by atoms with Crippen LogP contribution in [0.2, 0.25) is 0 Å². The third-order valence-electron chi connectivity index (χ3n) is 4.86. The maximum absolute atomic E-state index is 14.3. The van der Waals surface area contributed by atoms with Gasteiger partial charge in [-0.15, -0.1) is 0 Å². The standard InChI is InChI=1S/C21H25FN2/c1-3-16(2)18-7-9-19(10-8-18)23-15-17-6-11-21(20(22)14-17)24-12-4-5-13-24/h6-11,14-16H,3-5,12-13H2,1-2H3/t16-/m0/s1. The summed E-state index contributed by atoms with van der Waals surface area (Å²) in [5, 5.41) is 0. The highest BCUT2D eigenvalue weighted by atomic mass is 19.1. The van der Waals surface area contributed by atoms with Crippen LogP contribution in [-0.4, -0.2) is 19.3 Å². The molecule has 1 fully saturated rings. The van der Waals surface area contributed by atoms with Gasteiger partial charge < -0.3 is 4.90 Å². The van der Waals surface area contributed by atoms with Crippen molar-refractivity contribution in [3.8, 4) is 0 Å². The SMILES string of the molecule is CC[C@H](C)c1ccc(N=Cc2ccc(N3CCCC3)c(F)c2)cc1. The zero-order chi connectivity index (χ0) is 16.9. The van der Waals surface area contributed by atoms with E-state index in [1.165, 1.54) is 5.56 Å². The summed E-state index contributed by atoms with van der Waals surface area (Å²) in [5.41, 5.74) is 3.73. The van der Waals surface area contributed by atoms with E-state index in [0.717, 1.165) is 43.6 Å². The Balaban J connectivity index is 1.71. The molecule has 0 saturated carbocycles. The van der Waals surface area contributed by atoms with Crippen molar-refractivity contribution in [3.05, 3.63) is 59.4 Å². The van der Waals surface area contributed by atoms with Crippen LogP contribution in [0.1, 0.15) is 50.2 Å². The molecule has 1 saturated heterocycles. The Kier molecular flexibility index (Phi) is 5.29. The fraction of sp³-hybridized carbons (Fsp3) is 0.381. The lowest BCUT2D eigenvalue weighted by atomic mass is 9.99. The molecule has 1 atom stereocenters. The molecule has 1 heterocycles. The maximum atomic E-state index is 14.3. The number of hydrogen-bond acceptors (Lipinski definition) is 2. The van der Waals surface area contributed by atoms with Crippen molar-refractivity contribution in [2.75, 3.05) is 18.0 Å². The summed E-state index contributed by atoms with van der Waals surface area (Å²) in [7, 11) is 0. The normalized spacial score (nSPS) is 16.0. The lowest BCUT2D eigenvalue weighted by Gasteiger charge is -2.18. The summed E-state index contributed by atoms with van der Waals surface area (Å²) in [5.74, 6) is 0.406. The van der Waals surface area contributed by atoms with E-state index in [1.807, 2.05) is 24.3 Å². The van der Waals surface area contributed by atoms with Crippen LogP contribution in [0.15, 0.2) is 47.5 Å². The molecule has 1 aliphatic rings. The fourth-order valence-corrected chi connectivity index (χ4v) is 3.09. The van der Waals surface area contributed by atoms with Crippen molar-refractivity contribution in [3.63, 3.8) is 0 Å². The Labute approximate surface area is 144 Å². The van der Waals surface area contributed by atoms with Crippen LogP contribution in [0.5, 0.6) is 0 Å². The second-order valence-electron chi connectivity index (χ2n) is 6.56. The van der Waals surface area contributed by atoms with E-state index in [9.17, 15) is 4.39 Å². The molecule has 3 heteroatoms. The van der Waals surface area contributed by atoms with Gasteiger partial charge in [0.2, 0.25) is 0 Å². The van der Waals surface area contributed by atoms with Crippen LogP contribution in [0.3, 0.4) is 0 Å². The smallest absolute Gasteiger partial charge is 0.147 e. The van der Waals surface area contributed by atoms with E-state index in [1.54, 1.807) is 12.3 Å². The minimum absolute atomic E-state index is 0.159. The van der Waals surface area contributed by atoms with Gasteiger partial charge in [-0.05, 0) is 60.6 Å². The van der Waals surface area contributed by atoms with Gasteiger partial charge in [-0.25, -0.2) is 4.39 Å². The number of rotatable bonds is 5. The molecule has 0 aromatic heterocycles. The summed E-state index contributed by atoms with van der Waals surface area (Å²) >= 11 is 0. The van der Waals surface area contributed by atoms with E-state index in [2.05, 4.69) is 35.9 Å². The first-order valence-electron chi connectivity index (χ1n) is 8.86. The van der Waals surface area contributed by atoms with Gasteiger partial charge in [-0.2, -0.15) is 0 Å². The molecule has 0 unspecified atom stereocenters. The van der Waals surface area contributed by atoms with E-state index in [-0.39, 0.29) is 5.82 Å².